The molecule has 3 heteroatoms. The normalized spacial score (nSPS) is 13.9. The molecule has 0 amide bonds. The van der Waals surface area contributed by atoms with E-state index in [1.165, 1.54) is 11.1 Å². The summed E-state index contributed by atoms with van der Waals surface area (Å²) < 4.78 is 1.77. The number of imidazole rings is 1. The fourth-order valence-corrected chi connectivity index (χ4v) is 3.34. The molecular formula is C19H30N2O. The second-order valence-electron chi connectivity index (χ2n) is 9.36. The van der Waals surface area contributed by atoms with E-state index in [4.69, 9.17) is 0 Å². The van der Waals surface area contributed by atoms with Crippen LogP contribution in [-0.2, 0) is 16.2 Å². The van der Waals surface area contributed by atoms with Crippen LogP contribution < -0.4 is 5.56 Å². The third-order valence-corrected chi connectivity index (χ3v) is 4.10. The Kier molecular flexibility index (Phi) is 3.63. The lowest BCUT2D eigenvalue weighted by Gasteiger charge is -2.36. The maximum atomic E-state index is 13.1. The van der Waals surface area contributed by atoms with Gasteiger partial charge in [0.2, 0.25) is 0 Å². The first kappa shape index (κ1) is 16.9. The largest absolute Gasteiger partial charge is 0.346 e. The molecule has 0 unspecified atom stereocenters. The van der Waals surface area contributed by atoms with Gasteiger partial charge in [0.1, 0.15) is 5.65 Å². The first-order valence-electron chi connectivity index (χ1n) is 8.03. The molecule has 0 aliphatic carbocycles. The highest BCUT2D eigenvalue weighted by molar-refractivity contribution is 5.60. The van der Waals surface area contributed by atoms with Crippen LogP contribution in [-0.4, -0.2) is 9.38 Å². The molecule has 2 aromatic heterocycles. The Morgan fingerprint density at radius 2 is 1.23 bits per heavy atom. The van der Waals surface area contributed by atoms with Gasteiger partial charge < -0.3 is 4.98 Å². The van der Waals surface area contributed by atoms with Crippen molar-refractivity contribution in [3.63, 3.8) is 0 Å². The SMILES string of the molecule is CC(C)(C)c1c(C(C)(C)C)c(=O)n2cc[nH]c2c1C(C)(C)C. The molecule has 1 N–H and O–H groups in total. The first-order valence-corrected chi connectivity index (χ1v) is 8.03. The van der Waals surface area contributed by atoms with Crippen molar-refractivity contribution < 1.29 is 0 Å². The second-order valence-corrected chi connectivity index (χ2v) is 9.36. The molecule has 0 saturated carbocycles. The molecule has 0 spiro atoms. The van der Waals surface area contributed by atoms with E-state index in [1.54, 1.807) is 4.40 Å². The van der Waals surface area contributed by atoms with E-state index in [-0.39, 0.29) is 21.8 Å². The smallest absolute Gasteiger partial charge is 0.260 e. The Labute approximate surface area is 133 Å². The van der Waals surface area contributed by atoms with E-state index in [1.807, 2.05) is 12.4 Å². The molecule has 0 atom stereocenters. The summed E-state index contributed by atoms with van der Waals surface area (Å²) in [4.78, 5) is 16.4. The van der Waals surface area contributed by atoms with Crippen LogP contribution in [0, 0.1) is 0 Å². The lowest BCUT2D eigenvalue weighted by molar-refractivity contribution is 0.492. The van der Waals surface area contributed by atoms with Crippen LogP contribution in [0.2, 0.25) is 0 Å². The molecule has 0 radical (unpaired) electrons. The number of fused-ring (bicyclic) bond motifs is 1. The molecule has 0 fully saturated rings. The zero-order valence-electron chi connectivity index (χ0n) is 15.5. The van der Waals surface area contributed by atoms with Crippen LogP contribution in [0.15, 0.2) is 17.2 Å². The van der Waals surface area contributed by atoms with Crippen LogP contribution in [0.5, 0.6) is 0 Å². The number of rotatable bonds is 0. The van der Waals surface area contributed by atoms with Crippen molar-refractivity contribution in [1.29, 1.82) is 0 Å². The number of hydrogen-bond acceptors (Lipinski definition) is 1. The predicted octanol–water partition coefficient (Wildman–Crippen LogP) is 4.52. The third-order valence-electron chi connectivity index (χ3n) is 4.10. The Morgan fingerprint density at radius 1 is 0.773 bits per heavy atom. The molecule has 0 saturated heterocycles. The highest BCUT2D eigenvalue weighted by Crippen LogP contribution is 2.40. The number of nitrogens with zero attached hydrogens (tertiary/aromatic N) is 1. The summed E-state index contributed by atoms with van der Waals surface area (Å²) in [6.45, 7) is 19.6. The Bertz CT molecular complexity index is 756. The van der Waals surface area contributed by atoms with Gasteiger partial charge in [0.05, 0.1) is 0 Å². The fourth-order valence-electron chi connectivity index (χ4n) is 3.34. The van der Waals surface area contributed by atoms with Gasteiger partial charge >= 0.3 is 0 Å². The predicted molar refractivity (Wildman–Crippen MR) is 94.1 cm³/mol. The minimum absolute atomic E-state index is 0.0492. The van der Waals surface area contributed by atoms with Crippen molar-refractivity contribution in [3.8, 4) is 0 Å². The third kappa shape index (κ3) is 2.62. The highest BCUT2D eigenvalue weighted by atomic mass is 16.1. The topological polar surface area (TPSA) is 37.3 Å². The highest BCUT2D eigenvalue weighted by Gasteiger charge is 2.36. The average molecular weight is 302 g/mol. The summed E-state index contributed by atoms with van der Waals surface area (Å²) in [7, 11) is 0. The minimum Gasteiger partial charge on any atom is -0.346 e. The van der Waals surface area contributed by atoms with Crippen molar-refractivity contribution in [2.24, 2.45) is 0 Å². The van der Waals surface area contributed by atoms with E-state index in [0.29, 0.717) is 0 Å². The molecular weight excluding hydrogens is 272 g/mol. The van der Waals surface area contributed by atoms with Crippen LogP contribution >= 0.6 is 0 Å². The van der Waals surface area contributed by atoms with Gasteiger partial charge in [0.15, 0.2) is 0 Å². The molecule has 0 aliphatic rings. The van der Waals surface area contributed by atoms with Crippen LogP contribution in [0.4, 0.5) is 0 Å². The van der Waals surface area contributed by atoms with Gasteiger partial charge in [-0.3, -0.25) is 9.20 Å². The minimum atomic E-state index is -0.196. The molecule has 3 nitrogen and oxygen atoms in total. The summed E-state index contributed by atoms with van der Waals surface area (Å²) in [5, 5.41) is 0. The van der Waals surface area contributed by atoms with Crippen LogP contribution in [0.25, 0.3) is 5.65 Å². The number of hydrogen-bond donors (Lipinski definition) is 1. The maximum Gasteiger partial charge on any atom is 0.260 e. The number of H-pyrrole nitrogens is 1. The van der Waals surface area contributed by atoms with E-state index in [2.05, 4.69) is 67.3 Å². The molecule has 0 aliphatic heterocycles. The Balaban J connectivity index is 3.19. The standard InChI is InChI=1S/C19H30N2O/c1-17(2,3)12-13(18(4,5)6)15-20-10-11-21(15)16(22)14(12)19(7,8)9/h10-11,20H,1-9H3. The van der Waals surface area contributed by atoms with Crippen LogP contribution in [0.1, 0.15) is 79.0 Å². The van der Waals surface area contributed by atoms with Gasteiger partial charge in [-0.1, -0.05) is 62.3 Å². The Morgan fingerprint density at radius 3 is 1.64 bits per heavy atom. The Hall–Kier alpha value is -1.51. The molecule has 2 heterocycles. The lowest BCUT2D eigenvalue weighted by atomic mass is 9.69. The van der Waals surface area contributed by atoms with Crippen molar-refractivity contribution in [2.45, 2.75) is 78.6 Å². The van der Waals surface area contributed by atoms with Gasteiger partial charge in [0.25, 0.3) is 5.56 Å². The van der Waals surface area contributed by atoms with Gasteiger partial charge in [-0.05, 0) is 21.8 Å². The maximum absolute atomic E-state index is 13.1. The van der Waals surface area contributed by atoms with Gasteiger partial charge in [-0.15, -0.1) is 0 Å². The van der Waals surface area contributed by atoms with Gasteiger partial charge in [-0.25, -0.2) is 0 Å². The molecule has 122 valence electrons. The second kappa shape index (κ2) is 4.74. The molecule has 0 bridgehead atoms. The quantitative estimate of drug-likeness (QED) is 0.763. The van der Waals surface area contributed by atoms with E-state index < -0.39 is 0 Å². The van der Waals surface area contributed by atoms with Crippen molar-refractivity contribution in [3.05, 3.63) is 39.4 Å². The molecule has 2 aromatic rings. The zero-order valence-corrected chi connectivity index (χ0v) is 15.5. The monoisotopic (exact) mass is 302 g/mol. The summed E-state index contributed by atoms with van der Waals surface area (Å²) in [6, 6.07) is 0. The molecule has 22 heavy (non-hydrogen) atoms. The summed E-state index contributed by atoms with van der Waals surface area (Å²) in [5.41, 5.74) is 4.06. The lowest BCUT2D eigenvalue weighted by Crippen LogP contribution is -2.36. The summed E-state index contributed by atoms with van der Waals surface area (Å²) in [6.07, 6.45) is 3.69. The van der Waals surface area contributed by atoms with Gasteiger partial charge in [-0.2, -0.15) is 0 Å². The zero-order chi connectivity index (χ0) is 17.1. The van der Waals surface area contributed by atoms with Crippen molar-refractivity contribution in [1.82, 2.24) is 9.38 Å². The van der Waals surface area contributed by atoms with E-state index in [0.717, 1.165) is 11.2 Å². The first-order chi connectivity index (χ1) is 9.76. The van der Waals surface area contributed by atoms with E-state index in [9.17, 15) is 4.79 Å². The van der Waals surface area contributed by atoms with Crippen molar-refractivity contribution >= 4 is 5.65 Å². The number of nitrogens with one attached hydrogen (secondary N) is 1. The van der Waals surface area contributed by atoms with Crippen LogP contribution in [0.3, 0.4) is 0 Å². The number of aromatic nitrogens is 2. The number of pyridine rings is 1. The van der Waals surface area contributed by atoms with E-state index >= 15 is 0 Å². The van der Waals surface area contributed by atoms with Gasteiger partial charge in [0, 0.05) is 23.5 Å². The van der Waals surface area contributed by atoms with Crippen molar-refractivity contribution in [2.75, 3.05) is 0 Å². The fraction of sp³-hybridized carbons (Fsp3) is 0.632. The molecule has 0 aromatic carbocycles. The summed E-state index contributed by atoms with van der Waals surface area (Å²) in [5.74, 6) is 0. The summed E-state index contributed by atoms with van der Waals surface area (Å²) >= 11 is 0. The molecule has 2 rings (SSSR count). The number of aromatic amines is 1. The average Bonchev–Trinajstić information content (AvgIpc) is 2.72.